The molecule has 4 nitrogen and oxygen atoms in total. The third-order valence-electron chi connectivity index (χ3n) is 3.19. The zero-order valence-corrected chi connectivity index (χ0v) is 9.92. The highest BCUT2D eigenvalue weighted by Crippen LogP contribution is 2.45. The van der Waals surface area contributed by atoms with Crippen molar-refractivity contribution >= 4 is 17.3 Å². The normalized spacial score (nSPS) is 28.6. The number of hydrogen-bond donors (Lipinski definition) is 2. The van der Waals surface area contributed by atoms with Crippen molar-refractivity contribution in [3.05, 3.63) is 21.9 Å². The van der Waals surface area contributed by atoms with Crippen LogP contribution >= 0.6 is 11.3 Å². The monoisotopic (exact) mass is 241 g/mol. The maximum atomic E-state index is 11.3. The second-order valence-corrected chi connectivity index (χ2v) is 5.15. The molecule has 1 aliphatic rings. The Labute approximate surface area is 98.0 Å². The Kier molecular flexibility index (Phi) is 3.01. The molecule has 0 unspecified atom stereocenters. The molecule has 0 radical (unpaired) electrons. The largest absolute Gasteiger partial charge is 0.465 e. The van der Waals surface area contributed by atoms with E-state index in [1.54, 1.807) is 5.38 Å². The van der Waals surface area contributed by atoms with Crippen LogP contribution in [0.5, 0.6) is 0 Å². The van der Waals surface area contributed by atoms with Crippen LogP contribution in [0, 0.1) is 0 Å². The fourth-order valence-electron chi connectivity index (χ4n) is 2.15. The maximum absolute atomic E-state index is 11.3. The van der Waals surface area contributed by atoms with Gasteiger partial charge in [0.25, 0.3) is 0 Å². The van der Waals surface area contributed by atoms with Gasteiger partial charge < -0.3 is 15.6 Å². The number of hydrogen-bond acceptors (Lipinski definition) is 5. The first kappa shape index (κ1) is 11.6. The third-order valence-corrected chi connectivity index (χ3v) is 4.36. The van der Waals surface area contributed by atoms with Crippen LogP contribution in [0.4, 0.5) is 0 Å². The molecule has 16 heavy (non-hydrogen) atoms. The summed E-state index contributed by atoms with van der Waals surface area (Å²) in [5, 5.41) is 11.2. The van der Waals surface area contributed by atoms with Gasteiger partial charge in [-0.2, -0.15) is 0 Å². The maximum Gasteiger partial charge on any atom is 0.338 e. The molecule has 1 aromatic heterocycles. The van der Waals surface area contributed by atoms with Crippen molar-refractivity contribution in [1.29, 1.82) is 0 Å². The molecule has 0 saturated heterocycles. The average molecular weight is 241 g/mol. The number of aliphatic hydroxyl groups is 1. The summed E-state index contributed by atoms with van der Waals surface area (Å²) in [5.74, 6) is -0.324. The van der Waals surface area contributed by atoms with Gasteiger partial charge in [-0.3, -0.25) is 0 Å². The molecule has 0 spiro atoms. The molecule has 1 saturated carbocycles. The number of thiophene rings is 1. The van der Waals surface area contributed by atoms with Gasteiger partial charge in [0.1, 0.15) is 0 Å². The Balaban J connectivity index is 2.21. The number of carbonyl (C=O) groups is 1. The third kappa shape index (κ3) is 1.75. The lowest BCUT2D eigenvalue weighted by molar-refractivity contribution is 0.0239. The Hall–Kier alpha value is -0.910. The Morgan fingerprint density at radius 2 is 2.44 bits per heavy atom. The lowest BCUT2D eigenvalue weighted by Crippen LogP contribution is -2.49. The SMILES string of the molecule is COC(=O)c1csc(C2(CN)CC(O)C2)c1. The Morgan fingerprint density at radius 1 is 1.75 bits per heavy atom. The molecule has 3 N–H and O–H groups in total. The van der Waals surface area contributed by atoms with Crippen molar-refractivity contribution < 1.29 is 14.6 Å². The summed E-state index contributed by atoms with van der Waals surface area (Å²) in [4.78, 5) is 12.4. The van der Waals surface area contributed by atoms with E-state index in [0.29, 0.717) is 24.9 Å². The van der Waals surface area contributed by atoms with E-state index < -0.39 is 0 Å². The van der Waals surface area contributed by atoms with Crippen molar-refractivity contribution in [1.82, 2.24) is 0 Å². The van der Waals surface area contributed by atoms with Crippen molar-refractivity contribution in [3.63, 3.8) is 0 Å². The summed E-state index contributed by atoms with van der Waals surface area (Å²) in [6, 6.07) is 1.83. The van der Waals surface area contributed by atoms with Gasteiger partial charge in [0.05, 0.1) is 18.8 Å². The van der Waals surface area contributed by atoms with Gasteiger partial charge in [-0.1, -0.05) is 0 Å². The van der Waals surface area contributed by atoms with Gasteiger partial charge in [-0.25, -0.2) is 4.79 Å². The van der Waals surface area contributed by atoms with Gasteiger partial charge >= 0.3 is 5.97 Å². The molecule has 1 fully saturated rings. The first-order chi connectivity index (χ1) is 7.61. The van der Waals surface area contributed by atoms with Gasteiger partial charge in [0.2, 0.25) is 0 Å². The molecule has 0 atom stereocenters. The molecule has 88 valence electrons. The van der Waals surface area contributed by atoms with Gasteiger partial charge in [-0.15, -0.1) is 11.3 Å². The minimum Gasteiger partial charge on any atom is -0.465 e. The number of nitrogens with two attached hydrogens (primary N) is 1. The van der Waals surface area contributed by atoms with Crippen molar-refractivity contribution in [2.75, 3.05) is 13.7 Å². The van der Waals surface area contributed by atoms with Crippen molar-refractivity contribution in [2.45, 2.75) is 24.4 Å². The summed E-state index contributed by atoms with van der Waals surface area (Å²) in [5.41, 5.74) is 6.20. The molecule has 1 aliphatic carbocycles. The molecule has 0 aromatic carbocycles. The highest BCUT2D eigenvalue weighted by molar-refractivity contribution is 7.10. The first-order valence-corrected chi connectivity index (χ1v) is 6.05. The van der Waals surface area contributed by atoms with E-state index in [1.807, 2.05) is 6.07 Å². The highest BCUT2D eigenvalue weighted by atomic mass is 32.1. The van der Waals surface area contributed by atoms with E-state index in [2.05, 4.69) is 4.74 Å². The second kappa shape index (κ2) is 4.16. The van der Waals surface area contributed by atoms with Crippen LogP contribution in [-0.2, 0) is 10.2 Å². The summed E-state index contributed by atoms with van der Waals surface area (Å²) in [7, 11) is 1.37. The number of esters is 1. The predicted molar refractivity (Wildman–Crippen MR) is 61.6 cm³/mol. The van der Waals surface area contributed by atoms with Crippen molar-refractivity contribution in [3.8, 4) is 0 Å². The van der Waals surface area contributed by atoms with Crippen LogP contribution in [0.3, 0.4) is 0 Å². The fourth-order valence-corrected chi connectivity index (χ4v) is 3.26. The zero-order valence-electron chi connectivity index (χ0n) is 9.10. The standard InChI is InChI=1S/C11H15NO3S/c1-15-10(14)7-2-9(16-5-7)11(6-12)3-8(13)4-11/h2,5,8,13H,3-4,6,12H2,1H3. The summed E-state index contributed by atoms with van der Waals surface area (Å²) >= 11 is 1.51. The van der Waals surface area contributed by atoms with Crippen LogP contribution in [-0.4, -0.2) is 30.8 Å². The van der Waals surface area contributed by atoms with E-state index in [-0.39, 0.29) is 17.5 Å². The number of carbonyl (C=O) groups excluding carboxylic acids is 1. The minimum atomic E-state index is -0.324. The van der Waals surface area contributed by atoms with Crippen LogP contribution in [0.2, 0.25) is 0 Å². The summed E-state index contributed by atoms with van der Waals surface area (Å²) in [6.07, 6.45) is 1.11. The smallest absolute Gasteiger partial charge is 0.338 e. The van der Waals surface area contributed by atoms with E-state index in [4.69, 9.17) is 5.73 Å². The molecular formula is C11H15NO3S. The molecule has 0 amide bonds. The highest BCUT2D eigenvalue weighted by Gasteiger charge is 2.44. The molecular weight excluding hydrogens is 226 g/mol. The molecule has 1 aromatic rings. The van der Waals surface area contributed by atoms with Crippen LogP contribution in [0.15, 0.2) is 11.4 Å². The summed E-state index contributed by atoms with van der Waals surface area (Å²) < 4.78 is 4.66. The van der Waals surface area contributed by atoms with E-state index in [9.17, 15) is 9.90 Å². The molecule has 0 bridgehead atoms. The quantitative estimate of drug-likeness (QED) is 0.771. The fraction of sp³-hybridized carbons (Fsp3) is 0.545. The van der Waals surface area contributed by atoms with Gasteiger partial charge in [0, 0.05) is 22.2 Å². The van der Waals surface area contributed by atoms with Gasteiger partial charge in [-0.05, 0) is 18.9 Å². The molecule has 2 rings (SSSR count). The number of methoxy groups -OCH3 is 1. The molecule has 1 heterocycles. The van der Waals surface area contributed by atoms with Crippen LogP contribution in [0.25, 0.3) is 0 Å². The number of ether oxygens (including phenoxy) is 1. The second-order valence-electron chi connectivity index (χ2n) is 4.24. The lowest BCUT2D eigenvalue weighted by Gasteiger charge is -2.44. The lowest BCUT2D eigenvalue weighted by atomic mass is 9.66. The minimum absolute atomic E-state index is 0.129. The summed E-state index contributed by atoms with van der Waals surface area (Å²) in [6.45, 7) is 0.505. The topological polar surface area (TPSA) is 72.5 Å². The number of rotatable bonds is 3. The van der Waals surface area contributed by atoms with Crippen LogP contribution < -0.4 is 5.73 Å². The number of aliphatic hydroxyl groups excluding tert-OH is 1. The van der Waals surface area contributed by atoms with Crippen LogP contribution in [0.1, 0.15) is 28.1 Å². The van der Waals surface area contributed by atoms with E-state index in [1.165, 1.54) is 18.4 Å². The Morgan fingerprint density at radius 3 is 2.94 bits per heavy atom. The van der Waals surface area contributed by atoms with E-state index >= 15 is 0 Å². The molecule has 0 aliphatic heterocycles. The average Bonchev–Trinajstić information content (AvgIpc) is 2.72. The predicted octanol–water partition coefficient (Wildman–Crippen LogP) is 0.886. The van der Waals surface area contributed by atoms with Crippen molar-refractivity contribution in [2.24, 2.45) is 5.73 Å². The zero-order chi connectivity index (χ0) is 11.8. The first-order valence-electron chi connectivity index (χ1n) is 5.17. The molecule has 5 heteroatoms. The van der Waals surface area contributed by atoms with Gasteiger partial charge in [0.15, 0.2) is 0 Å². The van der Waals surface area contributed by atoms with E-state index in [0.717, 1.165) is 4.88 Å². The Bertz CT molecular complexity index is 396.